The van der Waals surface area contributed by atoms with Crippen molar-refractivity contribution in [3.8, 4) is 0 Å². The van der Waals surface area contributed by atoms with Crippen LogP contribution in [0, 0.1) is 0 Å². The number of unbranched alkanes of at least 4 members (excludes halogenated alkanes) is 35. The minimum Gasteiger partial charge on any atom is -0.756 e. The maximum atomic E-state index is 13.0. The van der Waals surface area contributed by atoms with E-state index in [0.29, 0.717) is 17.4 Å². The lowest BCUT2D eigenvalue weighted by atomic mass is 10.0. The van der Waals surface area contributed by atoms with Crippen molar-refractivity contribution in [1.82, 2.24) is 5.32 Å². The molecule has 0 aromatic carbocycles. The fourth-order valence-corrected chi connectivity index (χ4v) is 10.5. The highest BCUT2D eigenvalue weighted by Crippen LogP contribution is 2.38. The zero-order chi connectivity index (χ0) is 59.1. The monoisotopic (exact) mass is 1150 g/mol. The molecule has 3 atom stereocenters. The molecule has 470 valence electrons. The van der Waals surface area contributed by atoms with Gasteiger partial charge in [-0.1, -0.05) is 310 Å². The van der Waals surface area contributed by atoms with E-state index < -0.39 is 26.6 Å². The summed E-state index contributed by atoms with van der Waals surface area (Å²) in [6.45, 7) is 4.54. The number of amides is 1. The van der Waals surface area contributed by atoms with Crippen LogP contribution in [0.4, 0.5) is 0 Å². The highest BCUT2D eigenvalue weighted by molar-refractivity contribution is 7.45. The summed E-state index contributed by atoms with van der Waals surface area (Å²) >= 11 is 0. The molecular weight excluding hydrogens is 1020 g/mol. The van der Waals surface area contributed by atoms with Crippen LogP contribution in [0.5, 0.6) is 0 Å². The molecule has 0 fully saturated rings. The minimum atomic E-state index is -4.61. The van der Waals surface area contributed by atoms with E-state index in [0.717, 1.165) is 77.0 Å². The molecule has 8 nitrogen and oxygen atoms in total. The summed E-state index contributed by atoms with van der Waals surface area (Å²) in [6.07, 6.45) is 89.5. The normalized spacial score (nSPS) is 14.3. The number of phosphoric acid groups is 1. The smallest absolute Gasteiger partial charge is 0.268 e. The summed E-state index contributed by atoms with van der Waals surface area (Å²) in [5.74, 6) is -0.206. The first kappa shape index (κ1) is 78.4. The zero-order valence-corrected chi connectivity index (χ0v) is 54.6. The second-order valence-corrected chi connectivity index (χ2v) is 25.6. The van der Waals surface area contributed by atoms with Gasteiger partial charge in [-0.15, -0.1) is 0 Å². The van der Waals surface area contributed by atoms with Gasteiger partial charge in [0.15, 0.2) is 0 Å². The van der Waals surface area contributed by atoms with Crippen molar-refractivity contribution in [2.75, 3.05) is 40.9 Å². The van der Waals surface area contributed by atoms with E-state index >= 15 is 0 Å². The van der Waals surface area contributed by atoms with Crippen molar-refractivity contribution in [3.63, 3.8) is 0 Å². The number of carbonyl (C=O) groups is 1. The van der Waals surface area contributed by atoms with Crippen LogP contribution in [0.2, 0.25) is 0 Å². The Morgan fingerprint density at radius 2 is 0.765 bits per heavy atom. The number of aliphatic hydroxyl groups is 1. The molecule has 0 aliphatic rings. The molecule has 0 spiro atoms. The number of aliphatic hydroxyl groups excluding tert-OH is 1. The molecule has 9 heteroatoms. The van der Waals surface area contributed by atoms with Gasteiger partial charge in [0.1, 0.15) is 13.2 Å². The average molecular weight is 1150 g/mol. The van der Waals surface area contributed by atoms with Gasteiger partial charge in [-0.25, -0.2) is 0 Å². The third-order valence-corrected chi connectivity index (χ3v) is 16.0. The van der Waals surface area contributed by atoms with E-state index in [9.17, 15) is 19.4 Å². The fraction of sp³-hybridized carbons (Fsp3) is 0.764. The number of carbonyl (C=O) groups excluding carboxylic acids is 1. The molecule has 0 saturated carbocycles. The lowest BCUT2D eigenvalue weighted by Gasteiger charge is -2.29. The Balaban J connectivity index is 4.11. The molecule has 81 heavy (non-hydrogen) atoms. The van der Waals surface area contributed by atoms with E-state index in [2.05, 4.69) is 104 Å². The lowest BCUT2D eigenvalue weighted by Crippen LogP contribution is -2.45. The standard InChI is InChI=1S/C72H131N2O6P/c1-6-8-10-12-14-16-18-20-22-24-26-28-30-32-33-34-35-36-37-38-39-40-41-42-44-46-48-50-52-54-56-58-60-62-64-66-72(76)73-70(69-80-81(77,78)79-68-67-74(3,4)5)71(75)65-63-61-59-57-55-53-51-49-47-45-43-31-29-27-25-23-21-19-17-15-13-11-9-7-2/h8,10,14,16,20,22,26,28,32-33,35-36,55,57,63,65,70-71,75H,6-7,9,11-13,15,17-19,21,23-25,27,29-31,34,37-54,56,58-62,64,66-69H2,1-5H3,(H-,73,76,77,78)/b10-8-,16-14-,22-20-,28-26-,33-32-,36-35-,57-55+,65-63+. The SMILES string of the molecule is CC/C=C\C/C=C\C/C=C\C/C=C\C/C=C\C/C=C\CCCCCCCCCCCCCCCCCCC(=O)NC(COP(=O)([O-])OCC[N+](C)(C)C)C(O)/C=C/CC/C=C/CCCCCCCCCCCCCCCCCCCC. The molecule has 3 unspecified atom stereocenters. The Morgan fingerprint density at radius 1 is 0.444 bits per heavy atom. The number of nitrogens with zero attached hydrogens (tertiary/aromatic N) is 1. The van der Waals surface area contributed by atoms with Crippen LogP contribution in [0.25, 0.3) is 0 Å². The first-order chi connectivity index (χ1) is 39.5. The maximum absolute atomic E-state index is 13.0. The van der Waals surface area contributed by atoms with Crippen LogP contribution >= 0.6 is 7.82 Å². The number of nitrogens with one attached hydrogen (secondary N) is 1. The molecule has 0 heterocycles. The van der Waals surface area contributed by atoms with Crippen molar-refractivity contribution in [2.45, 2.75) is 315 Å². The summed E-state index contributed by atoms with van der Waals surface area (Å²) in [5.41, 5.74) is 0. The summed E-state index contributed by atoms with van der Waals surface area (Å²) in [5, 5.41) is 13.9. The summed E-state index contributed by atoms with van der Waals surface area (Å²) < 4.78 is 23.4. The van der Waals surface area contributed by atoms with Gasteiger partial charge < -0.3 is 28.8 Å². The molecule has 0 aliphatic heterocycles. The number of likely N-dealkylation sites (N-methyl/N-ethyl adjacent to an activating group) is 1. The largest absolute Gasteiger partial charge is 0.756 e. The Hall–Kier alpha value is -2.58. The van der Waals surface area contributed by atoms with Crippen molar-refractivity contribution in [1.29, 1.82) is 0 Å². The van der Waals surface area contributed by atoms with Gasteiger partial charge >= 0.3 is 0 Å². The van der Waals surface area contributed by atoms with E-state index in [4.69, 9.17) is 9.05 Å². The van der Waals surface area contributed by atoms with E-state index in [1.807, 2.05) is 27.2 Å². The van der Waals surface area contributed by atoms with Gasteiger partial charge in [-0.2, -0.15) is 0 Å². The topological polar surface area (TPSA) is 108 Å². The van der Waals surface area contributed by atoms with E-state index in [1.54, 1.807) is 6.08 Å². The molecule has 0 aromatic rings. The number of rotatable bonds is 62. The predicted molar refractivity (Wildman–Crippen MR) is 353 cm³/mol. The van der Waals surface area contributed by atoms with Gasteiger partial charge in [0, 0.05) is 6.42 Å². The second-order valence-electron chi connectivity index (χ2n) is 24.1. The van der Waals surface area contributed by atoms with Crippen LogP contribution in [-0.4, -0.2) is 68.5 Å². The van der Waals surface area contributed by atoms with E-state index in [1.165, 1.54) is 205 Å². The van der Waals surface area contributed by atoms with Gasteiger partial charge in [-0.05, 0) is 83.5 Å². The molecule has 0 rings (SSSR count). The van der Waals surface area contributed by atoms with Crippen molar-refractivity contribution >= 4 is 13.7 Å². The Labute approximate surface area is 502 Å². The predicted octanol–water partition coefficient (Wildman–Crippen LogP) is 21.1. The van der Waals surface area contributed by atoms with Crippen LogP contribution < -0.4 is 10.2 Å². The van der Waals surface area contributed by atoms with Gasteiger partial charge in [0.05, 0.1) is 39.9 Å². The molecule has 1 amide bonds. The van der Waals surface area contributed by atoms with Gasteiger partial charge in [-0.3, -0.25) is 9.36 Å². The zero-order valence-electron chi connectivity index (χ0n) is 53.7. The summed E-state index contributed by atoms with van der Waals surface area (Å²) in [4.78, 5) is 25.6. The highest BCUT2D eigenvalue weighted by Gasteiger charge is 2.23. The summed E-state index contributed by atoms with van der Waals surface area (Å²) in [7, 11) is 1.24. The third kappa shape index (κ3) is 64.8. The lowest BCUT2D eigenvalue weighted by molar-refractivity contribution is -0.870. The van der Waals surface area contributed by atoms with Crippen molar-refractivity contribution < 1.29 is 32.9 Å². The molecule has 2 N–H and O–H groups in total. The Morgan fingerprint density at radius 3 is 1.15 bits per heavy atom. The van der Waals surface area contributed by atoms with Crippen LogP contribution in [0.15, 0.2) is 97.2 Å². The Kier molecular flexibility index (Phi) is 60.0. The number of hydrogen-bond donors (Lipinski definition) is 2. The van der Waals surface area contributed by atoms with Crippen molar-refractivity contribution in [3.05, 3.63) is 97.2 Å². The second kappa shape index (κ2) is 62.0. The van der Waals surface area contributed by atoms with Crippen LogP contribution in [0.1, 0.15) is 303 Å². The summed E-state index contributed by atoms with van der Waals surface area (Å²) in [6, 6.07) is -0.909. The van der Waals surface area contributed by atoms with Gasteiger partial charge in [0.2, 0.25) is 5.91 Å². The molecule has 0 bridgehead atoms. The molecule has 0 aromatic heterocycles. The van der Waals surface area contributed by atoms with E-state index in [-0.39, 0.29) is 12.5 Å². The fourth-order valence-electron chi connectivity index (χ4n) is 9.76. The van der Waals surface area contributed by atoms with Gasteiger partial charge in [0.25, 0.3) is 7.82 Å². The molecule has 0 saturated heterocycles. The van der Waals surface area contributed by atoms with Crippen LogP contribution in [-0.2, 0) is 18.4 Å². The molecule has 0 aliphatic carbocycles. The number of allylic oxidation sites excluding steroid dienone is 15. The third-order valence-electron chi connectivity index (χ3n) is 15.0. The molecular formula is C72H131N2O6P. The first-order valence-electron chi connectivity index (χ1n) is 34.1. The maximum Gasteiger partial charge on any atom is 0.268 e. The first-order valence-corrected chi connectivity index (χ1v) is 35.6. The number of phosphoric ester groups is 1. The number of hydrogen-bond acceptors (Lipinski definition) is 6. The average Bonchev–Trinajstić information content (AvgIpc) is 3.43. The highest BCUT2D eigenvalue weighted by atomic mass is 31.2. The molecule has 0 radical (unpaired) electrons. The quantitative estimate of drug-likeness (QED) is 0.0272. The van der Waals surface area contributed by atoms with Crippen molar-refractivity contribution in [2.24, 2.45) is 0 Å². The number of quaternary nitrogens is 1. The minimum absolute atomic E-state index is 0.00864. The Bertz CT molecular complexity index is 1640. The van der Waals surface area contributed by atoms with Crippen LogP contribution in [0.3, 0.4) is 0 Å².